The number of ether oxygens (including phenoxy) is 1. The van der Waals surface area contributed by atoms with E-state index in [0.717, 1.165) is 6.07 Å². The SMILES string of the molecule is NC(=O)c1ccc(Oc2cncc(Br)c2)c(F)c1. The van der Waals surface area contributed by atoms with Crippen molar-refractivity contribution in [3.05, 3.63) is 52.5 Å². The van der Waals surface area contributed by atoms with E-state index in [9.17, 15) is 9.18 Å². The number of benzene rings is 1. The van der Waals surface area contributed by atoms with Crippen molar-refractivity contribution in [2.75, 3.05) is 0 Å². The molecule has 0 radical (unpaired) electrons. The van der Waals surface area contributed by atoms with E-state index in [-0.39, 0.29) is 11.3 Å². The quantitative estimate of drug-likeness (QED) is 0.948. The minimum atomic E-state index is -0.690. The molecule has 0 saturated carbocycles. The number of amides is 1. The van der Waals surface area contributed by atoms with Gasteiger partial charge < -0.3 is 10.5 Å². The first kappa shape index (κ1) is 12.5. The van der Waals surface area contributed by atoms with E-state index in [1.807, 2.05) is 0 Å². The van der Waals surface area contributed by atoms with Crippen molar-refractivity contribution in [1.82, 2.24) is 4.98 Å². The summed E-state index contributed by atoms with van der Waals surface area (Å²) in [6.07, 6.45) is 3.03. The molecule has 0 atom stereocenters. The lowest BCUT2D eigenvalue weighted by atomic mass is 10.2. The molecule has 0 saturated heterocycles. The van der Waals surface area contributed by atoms with Crippen LogP contribution >= 0.6 is 15.9 Å². The van der Waals surface area contributed by atoms with E-state index in [1.165, 1.54) is 18.3 Å². The molecule has 0 unspecified atom stereocenters. The third-order valence-electron chi connectivity index (χ3n) is 2.12. The van der Waals surface area contributed by atoms with Crippen LogP contribution in [0.25, 0.3) is 0 Å². The number of hydrogen-bond donors (Lipinski definition) is 1. The number of rotatable bonds is 3. The van der Waals surface area contributed by atoms with Crippen LogP contribution in [0.3, 0.4) is 0 Å². The second-order valence-corrected chi connectivity index (χ2v) is 4.37. The van der Waals surface area contributed by atoms with Crippen LogP contribution in [0.2, 0.25) is 0 Å². The summed E-state index contributed by atoms with van der Waals surface area (Å²) in [4.78, 5) is 14.8. The summed E-state index contributed by atoms with van der Waals surface area (Å²) in [7, 11) is 0. The van der Waals surface area contributed by atoms with Crippen LogP contribution in [-0.2, 0) is 0 Å². The Morgan fingerprint density at radius 3 is 2.72 bits per heavy atom. The molecular weight excluding hydrogens is 303 g/mol. The minimum absolute atomic E-state index is 0.0000926. The fourth-order valence-electron chi connectivity index (χ4n) is 1.31. The van der Waals surface area contributed by atoms with Crippen molar-refractivity contribution in [2.45, 2.75) is 0 Å². The van der Waals surface area contributed by atoms with Gasteiger partial charge >= 0.3 is 0 Å². The third kappa shape index (κ3) is 2.84. The molecule has 0 aliphatic rings. The largest absolute Gasteiger partial charge is 0.453 e. The van der Waals surface area contributed by atoms with Crippen molar-refractivity contribution in [2.24, 2.45) is 5.73 Å². The van der Waals surface area contributed by atoms with E-state index < -0.39 is 11.7 Å². The highest BCUT2D eigenvalue weighted by molar-refractivity contribution is 9.10. The summed E-state index contributed by atoms with van der Waals surface area (Å²) in [5.74, 6) is -0.967. The van der Waals surface area contributed by atoms with E-state index in [4.69, 9.17) is 10.5 Å². The van der Waals surface area contributed by atoms with Gasteiger partial charge in [0.15, 0.2) is 11.6 Å². The third-order valence-corrected chi connectivity index (χ3v) is 2.56. The molecule has 0 bridgehead atoms. The van der Waals surface area contributed by atoms with Crippen molar-refractivity contribution in [3.63, 3.8) is 0 Å². The van der Waals surface area contributed by atoms with Crippen molar-refractivity contribution >= 4 is 21.8 Å². The van der Waals surface area contributed by atoms with Gasteiger partial charge in [0.25, 0.3) is 0 Å². The molecule has 0 fully saturated rings. The highest BCUT2D eigenvalue weighted by Gasteiger charge is 2.09. The summed E-state index contributed by atoms with van der Waals surface area (Å²) < 4.78 is 19.7. The molecule has 18 heavy (non-hydrogen) atoms. The molecule has 0 aliphatic heterocycles. The zero-order chi connectivity index (χ0) is 13.1. The summed E-state index contributed by atoms with van der Waals surface area (Å²) in [5, 5.41) is 0. The molecule has 1 amide bonds. The Hall–Kier alpha value is -1.95. The van der Waals surface area contributed by atoms with Gasteiger partial charge in [-0.05, 0) is 40.2 Å². The van der Waals surface area contributed by atoms with Gasteiger partial charge in [0.1, 0.15) is 5.75 Å². The predicted molar refractivity (Wildman–Crippen MR) is 66.9 cm³/mol. The van der Waals surface area contributed by atoms with Gasteiger partial charge in [-0.15, -0.1) is 0 Å². The molecule has 6 heteroatoms. The Balaban J connectivity index is 2.27. The van der Waals surface area contributed by atoms with Crippen LogP contribution in [0.4, 0.5) is 4.39 Å². The van der Waals surface area contributed by atoms with Gasteiger partial charge in [-0.2, -0.15) is 0 Å². The van der Waals surface area contributed by atoms with Crippen LogP contribution in [-0.4, -0.2) is 10.9 Å². The first-order valence-electron chi connectivity index (χ1n) is 4.94. The average Bonchev–Trinajstić information content (AvgIpc) is 2.31. The lowest BCUT2D eigenvalue weighted by Crippen LogP contribution is -2.11. The zero-order valence-electron chi connectivity index (χ0n) is 9.06. The zero-order valence-corrected chi connectivity index (χ0v) is 10.6. The van der Waals surface area contributed by atoms with Gasteiger partial charge in [-0.3, -0.25) is 9.78 Å². The smallest absolute Gasteiger partial charge is 0.248 e. The number of hydrogen-bond acceptors (Lipinski definition) is 3. The number of carbonyl (C=O) groups is 1. The van der Waals surface area contributed by atoms with Crippen LogP contribution in [0.1, 0.15) is 10.4 Å². The number of nitrogens with two attached hydrogens (primary N) is 1. The Labute approximate surface area is 111 Å². The van der Waals surface area contributed by atoms with Crippen LogP contribution < -0.4 is 10.5 Å². The van der Waals surface area contributed by atoms with E-state index in [2.05, 4.69) is 20.9 Å². The minimum Gasteiger partial charge on any atom is -0.453 e. The summed E-state index contributed by atoms with van der Waals surface area (Å²) >= 11 is 3.23. The van der Waals surface area contributed by atoms with Crippen molar-refractivity contribution in [1.29, 1.82) is 0 Å². The first-order chi connectivity index (χ1) is 8.56. The lowest BCUT2D eigenvalue weighted by molar-refractivity contribution is 0.1000. The van der Waals surface area contributed by atoms with Crippen LogP contribution in [0.5, 0.6) is 11.5 Å². The van der Waals surface area contributed by atoms with Crippen molar-refractivity contribution in [3.8, 4) is 11.5 Å². The molecule has 4 nitrogen and oxygen atoms in total. The normalized spacial score (nSPS) is 10.1. The van der Waals surface area contributed by atoms with Crippen LogP contribution in [0, 0.1) is 5.82 Å². The molecule has 1 heterocycles. The van der Waals surface area contributed by atoms with Gasteiger partial charge in [-0.25, -0.2) is 4.39 Å². The number of carbonyl (C=O) groups excluding carboxylic acids is 1. The summed E-state index contributed by atoms with van der Waals surface area (Å²) in [5.41, 5.74) is 5.13. The van der Waals surface area contributed by atoms with Gasteiger partial charge in [0.2, 0.25) is 5.91 Å². The highest BCUT2D eigenvalue weighted by Crippen LogP contribution is 2.26. The predicted octanol–water partition coefficient (Wildman–Crippen LogP) is 2.87. The maximum Gasteiger partial charge on any atom is 0.248 e. The first-order valence-corrected chi connectivity index (χ1v) is 5.73. The molecule has 2 N–H and O–H groups in total. The van der Waals surface area contributed by atoms with E-state index >= 15 is 0 Å². The molecule has 1 aromatic carbocycles. The number of nitrogens with zero attached hydrogens (tertiary/aromatic N) is 1. The molecule has 1 aromatic heterocycles. The Bertz CT molecular complexity index is 604. The van der Waals surface area contributed by atoms with Crippen molar-refractivity contribution < 1.29 is 13.9 Å². The van der Waals surface area contributed by atoms with E-state index in [1.54, 1.807) is 12.3 Å². The Morgan fingerprint density at radius 1 is 1.33 bits per heavy atom. The molecule has 0 aliphatic carbocycles. The fourth-order valence-corrected chi connectivity index (χ4v) is 1.66. The summed E-state index contributed by atoms with van der Waals surface area (Å²) in [6, 6.07) is 5.42. The second-order valence-electron chi connectivity index (χ2n) is 3.45. The number of halogens is 2. The second kappa shape index (κ2) is 5.14. The molecule has 92 valence electrons. The molecular formula is C12H8BrFN2O2. The monoisotopic (exact) mass is 310 g/mol. The van der Waals surface area contributed by atoms with E-state index in [0.29, 0.717) is 10.2 Å². The molecule has 2 rings (SSSR count). The number of primary amides is 1. The lowest BCUT2D eigenvalue weighted by Gasteiger charge is -2.07. The van der Waals surface area contributed by atoms with Gasteiger partial charge in [-0.1, -0.05) is 0 Å². The topological polar surface area (TPSA) is 65.2 Å². The number of aromatic nitrogens is 1. The molecule has 0 spiro atoms. The van der Waals surface area contributed by atoms with Gasteiger partial charge in [0, 0.05) is 16.2 Å². The van der Waals surface area contributed by atoms with Crippen LogP contribution in [0.15, 0.2) is 41.1 Å². The Morgan fingerprint density at radius 2 is 2.11 bits per heavy atom. The fraction of sp³-hybridized carbons (Fsp3) is 0. The highest BCUT2D eigenvalue weighted by atomic mass is 79.9. The standard InChI is InChI=1S/C12H8BrFN2O2/c13-8-4-9(6-16-5-8)18-11-2-1-7(12(15)17)3-10(11)14/h1-6H,(H2,15,17). The van der Waals surface area contributed by atoms with Gasteiger partial charge in [0.05, 0.1) is 6.20 Å². The maximum atomic E-state index is 13.6. The molecule has 2 aromatic rings. The maximum absolute atomic E-state index is 13.6. The Kier molecular flexibility index (Phi) is 3.57. The number of pyridine rings is 1. The summed E-state index contributed by atoms with van der Waals surface area (Å²) in [6.45, 7) is 0. The average molecular weight is 311 g/mol.